The summed E-state index contributed by atoms with van der Waals surface area (Å²) < 4.78 is 2.37. The summed E-state index contributed by atoms with van der Waals surface area (Å²) in [6.07, 6.45) is 0. The van der Waals surface area contributed by atoms with Crippen LogP contribution in [0.4, 0.5) is 0 Å². The van der Waals surface area contributed by atoms with Crippen LogP contribution in [-0.4, -0.2) is 18.0 Å². The van der Waals surface area contributed by atoms with Crippen molar-refractivity contribution in [2.24, 2.45) is 5.41 Å². The molecular formula is C40H38BN. The molecule has 0 bridgehead atoms. The van der Waals surface area contributed by atoms with Gasteiger partial charge in [0, 0.05) is 0 Å². The maximum absolute atomic E-state index is 4.23. The summed E-state index contributed by atoms with van der Waals surface area (Å²) in [5.41, 5.74) is 12.9. The number of benzene rings is 5. The Balaban J connectivity index is 1.39. The molecule has 0 unspecified atom stereocenters. The van der Waals surface area contributed by atoms with Gasteiger partial charge in [-0.25, -0.2) is 0 Å². The van der Waals surface area contributed by atoms with Gasteiger partial charge in [-0.2, -0.15) is 0 Å². The molecule has 5 aromatic carbocycles. The van der Waals surface area contributed by atoms with Gasteiger partial charge in [0.15, 0.2) is 0 Å². The van der Waals surface area contributed by atoms with Crippen LogP contribution in [0.1, 0.15) is 52.7 Å². The van der Waals surface area contributed by atoms with Crippen molar-refractivity contribution in [3.63, 3.8) is 0 Å². The zero-order valence-electron chi connectivity index (χ0n) is 25.6. The van der Waals surface area contributed by atoms with Gasteiger partial charge in [-0.05, 0) is 0 Å². The first kappa shape index (κ1) is 26.7. The van der Waals surface area contributed by atoms with E-state index in [0.29, 0.717) is 0 Å². The van der Waals surface area contributed by atoms with Crippen LogP contribution in [0.2, 0.25) is 0 Å². The van der Waals surface area contributed by atoms with E-state index in [-0.39, 0.29) is 16.2 Å². The van der Waals surface area contributed by atoms with E-state index in [2.05, 4.69) is 162 Å². The molecule has 1 aliphatic rings. The molecule has 2 heteroatoms. The monoisotopic (exact) mass is 543 g/mol. The molecule has 0 amide bonds. The van der Waals surface area contributed by atoms with E-state index in [4.69, 9.17) is 0 Å². The topological polar surface area (TPSA) is 4.93 Å². The molecule has 0 atom stereocenters. The van der Waals surface area contributed by atoms with Crippen LogP contribution in [0.5, 0.6) is 0 Å². The Morgan fingerprint density at radius 3 is 1.90 bits per heavy atom. The second-order valence-corrected chi connectivity index (χ2v) is 13.6. The van der Waals surface area contributed by atoms with Gasteiger partial charge in [-0.1, -0.05) is 18.2 Å². The first-order valence-electron chi connectivity index (χ1n) is 15.1. The summed E-state index contributed by atoms with van der Waals surface area (Å²) in [5.74, 6) is 0. The number of hydrogen-bond acceptors (Lipinski definition) is 0. The van der Waals surface area contributed by atoms with E-state index in [9.17, 15) is 0 Å². The van der Waals surface area contributed by atoms with Gasteiger partial charge in [0.05, 0.1) is 0 Å². The molecule has 0 radical (unpaired) electrons. The normalized spacial score (nSPS) is 16.4. The van der Waals surface area contributed by atoms with Gasteiger partial charge < -0.3 is 0 Å². The summed E-state index contributed by atoms with van der Waals surface area (Å²) in [6, 6.07) is 40.2. The van der Waals surface area contributed by atoms with Crippen LogP contribution in [0.25, 0.3) is 49.7 Å². The molecule has 0 spiro atoms. The summed E-state index contributed by atoms with van der Waals surface area (Å²) in [4.78, 5) is 0. The van der Waals surface area contributed by atoms with Gasteiger partial charge in [0.2, 0.25) is 0 Å². The predicted molar refractivity (Wildman–Crippen MR) is 184 cm³/mol. The second kappa shape index (κ2) is 9.17. The van der Waals surface area contributed by atoms with Crippen LogP contribution in [0.15, 0.2) is 109 Å². The summed E-state index contributed by atoms with van der Waals surface area (Å²) in [7, 11) is 0. The molecule has 0 aliphatic heterocycles. The van der Waals surface area contributed by atoms with E-state index in [1.807, 2.05) is 6.92 Å². The summed E-state index contributed by atoms with van der Waals surface area (Å²) >= 11 is 0. The molecule has 7 rings (SSSR count). The standard InChI is InChI=1S/C40H38BN/c1-38(2)33-24-31(35(41-7)25-34(33)39(3,4)40(38,5)6)28-15-13-14-26(22-28)27-20-21-37-32(23-27)30-18-11-12-19-36(30)42(37)29-16-9-8-10-17-29/h8-25H,7H2,1-6H3. The number of fused-ring (bicyclic) bond motifs is 4. The molecule has 0 N–H and O–H groups in total. The number of rotatable bonds is 4. The van der Waals surface area contributed by atoms with E-state index in [0.717, 1.165) is 0 Å². The van der Waals surface area contributed by atoms with Crippen molar-refractivity contribution in [2.75, 3.05) is 0 Å². The van der Waals surface area contributed by atoms with Crippen molar-refractivity contribution in [3.05, 3.63) is 120 Å². The van der Waals surface area contributed by atoms with Gasteiger partial charge >= 0.3 is 233 Å². The average Bonchev–Trinajstić information content (AvgIpc) is 3.38. The third-order valence-corrected chi connectivity index (χ3v) is 11.1. The third-order valence-electron chi connectivity index (χ3n) is 11.1. The van der Waals surface area contributed by atoms with Crippen LogP contribution in [0, 0.1) is 5.41 Å². The first-order chi connectivity index (χ1) is 20.1. The maximum atomic E-state index is 4.23. The quantitative estimate of drug-likeness (QED) is 0.195. The van der Waals surface area contributed by atoms with E-state index < -0.39 is 0 Å². The number of hydrogen-bond donors (Lipinski definition) is 0. The van der Waals surface area contributed by atoms with Gasteiger partial charge in [0.1, 0.15) is 0 Å². The van der Waals surface area contributed by atoms with Crippen molar-refractivity contribution >= 4 is 40.7 Å². The molecule has 1 nitrogen and oxygen atoms in total. The van der Waals surface area contributed by atoms with Gasteiger partial charge in [-0.15, -0.1) is 0 Å². The minimum atomic E-state index is 0.0515. The molecule has 1 heterocycles. The van der Waals surface area contributed by atoms with Crippen molar-refractivity contribution in [1.82, 2.24) is 4.57 Å². The van der Waals surface area contributed by atoms with Crippen LogP contribution in [0.3, 0.4) is 0 Å². The minimum absolute atomic E-state index is 0.0515. The summed E-state index contributed by atoms with van der Waals surface area (Å²) in [5, 5.41) is 2.54. The van der Waals surface area contributed by atoms with E-state index >= 15 is 0 Å². The summed E-state index contributed by atoms with van der Waals surface area (Å²) in [6.45, 7) is 20.7. The number of aromatic nitrogens is 1. The van der Waals surface area contributed by atoms with Crippen LogP contribution < -0.4 is 5.46 Å². The molecule has 206 valence electrons. The fourth-order valence-corrected chi connectivity index (χ4v) is 7.40. The fourth-order valence-electron chi connectivity index (χ4n) is 7.40. The van der Waals surface area contributed by atoms with Crippen LogP contribution >= 0.6 is 0 Å². The van der Waals surface area contributed by atoms with E-state index in [1.165, 1.54) is 66.3 Å². The SMILES string of the molecule is C=Bc1cc2c(cc1-c1cccc(-c3ccc4c(c3)c3ccccc3n4-c3ccccc3)c1)C(C)(C)C(C)(C)C2(C)C. The molecule has 1 aliphatic carbocycles. The molecule has 42 heavy (non-hydrogen) atoms. The predicted octanol–water partition coefficient (Wildman–Crippen LogP) is 9.47. The Morgan fingerprint density at radius 2 is 1.17 bits per heavy atom. The average molecular weight is 544 g/mol. The van der Waals surface area contributed by atoms with Crippen molar-refractivity contribution in [2.45, 2.75) is 52.4 Å². The Kier molecular flexibility index (Phi) is 5.83. The zero-order chi connectivity index (χ0) is 29.4. The van der Waals surface area contributed by atoms with Crippen molar-refractivity contribution in [3.8, 4) is 27.9 Å². The Labute approximate surface area is 250 Å². The third kappa shape index (κ3) is 3.60. The van der Waals surface area contributed by atoms with Gasteiger partial charge in [-0.3, -0.25) is 0 Å². The number of nitrogens with zero attached hydrogens (tertiary/aromatic N) is 1. The molecular weight excluding hydrogens is 505 g/mol. The molecule has 0 saturated carbocycles. The van der Waals surface area contributed by atoms with Crippen LogP contribution in [-0.2, 0) is 10.8 Å². The Hall–Kier alpha value is -4.17. The second-order valence-electron chi connectivity index (χ2n) is 13.6. The molecule has 6 aromatic rings. The molecule has 1 aromatic heterocycles. The first-order valence-corrected chi connectivity index (χ1v) is 15.1. The zero-order valence-corrected chi connectivity index (χ0v) is 25.6. The van der Waals surface area contributed by atoms with Crippen molar-refractivity contribution in [1.29, 1.82) is 0 Å². The molecule has 0 fully saturated rings. The van der Waals surface area contributed by atoms with E-state index in [1.54, 1.807) is 0 Å². The van der Waals surface area contributed by atoms with Gasteiger partial charge in [0.25, 0.3) is 0 Å². The fraction of sp³-hybridized carbons (Fsp3) is 0.225. The Bertz CT molecular complexity index is 2020. The Morgan fingerprint density at radius 1 is 0.548 bits per heavy atom. The van der Waals surface area contributed by atoms with Crippen molar-refractivity contribution < 1.29 is 0 Å². The molecule has 0 saturated heterocycles. The number of para-hydroxylation sites is 2.